The molecule has 2 heterocycles. The Bertz CT molecular complexity index is 648. The van der Waals surface area contributed by atoms with Gasteiger partial charge < -0.3 is 10.2 Å². The van der Waals surface area contributed by atoms with E-state index in [-0.39, 0.29) is 5.91 Å². The molecule has 3 rings (SSSR count). The lowest BCUT2D eigenvalue weighted by Crippen LogP contribution is -2.36. The van der Waals surface area contributed by atoms with Gasteiger partial charge in [-0.05, 0) is 37.8 Å². The number of amides is 1. The Morgan fingerprint density at radius 1 is 1.09 bits per heavy atom. The number of piperidine rings is 1. The van der Waals surface area contributed by atoms with Crippen molar-refractivity contribution < 1.29 is 4.79 Å². The van der Waals surface area contributed by atoms with Crippen molar-refractivity contribution in [1.82, 2.24) is 14.9 Å². The molecule has 1 aliphatic rings. The summed E-state index contributed by atoms with van der Waals surface area (Å²) in [6.07, 6.45) is 6.52. The van der Waals surface area contributed by atoms with Gasteiger partial charge in [-0.2, -0.15) is 0 Å². The summed E-state index contributed by atoms with van der Waals surface area (Å²) >= 11 is 0. The minimum Gasteiger partial charge on any atom is -0.339 e. The summed E-state index contributed by atoms with van der Waals surface area (Å²) in [6.45, 7) is 3.68. The minimum atomic E-state index is -0.0189. The van der Waals surface area contributed by atoms with Crippen LogP contribution in [0.3, 0.4) is 0 Å². The Hall–Kier alpha value is -2.43. The van der Waals surface area contributed by atoms with Gasteiger partial charge in [0.15, 0.2) is 0 Å². The van der Waals surface area contributed by atoms with Gasteiger partial charge >= 0.3 is 0 Å². The van der Waals surface area contributed by atoms with Gasteiger partial charge in [0.05, 0.1) is 12.4 Å². The minimum absolute atomic E-state index is 0.0189. The fourth-order valence-corrected chi connectivity index (χ4v) is 2.61. The number of aromatic nitrogens is 2. The van der Waals surface area contributed by atoms with E-state index in [4.69, 9.17) is 0 Å². The van der Waals surface area contributed by atoms with E-state index < -0.39 is 0 Å². The molecule has 1 aliphatic heterocycles. The zero-order valence-corrected chi connectivity index (χ0v) is 12.7. The molecule has 1 fully saturated rings. The number of benzene rings is 1. The zero-order chi connectivity index (χ0) is 15.4. The Kier molecular flexibility index (Phi) is 4.32. The number of nitrogens with one attached hydrogen (secondary N) is 1. The predicted octanol–water partition coefficient (Wildman–Crippen LogP) is 3.15. The summed E-state index contributed by atoms with van der Waals surface area (Å²) in [5.41, 5.74) is 2.54. The van der Waals surface area contributed by atoms with Crippen LogP contribution >= 0.6 is 0 Å². The van der Waals surface area contributed by atoms with Crippen molar-refractivity contribution in [3.63, 3.8) is 0 Å². The molecule has 2 aromatic rings. The van der Waals surface area contributed by atoms with Crippen LogP contribution in [0.15, 0.2) is 36.7 Å². The van der Waals surface area contributed by atoms with Crippen molar-refractivity contribution in [2.75, 3.05) is 18.4 Å². The number of anilines is 2. The van der Waals surface area contributed by atoms with Crippen LogP contribution in [-0.2, 0) is 0 Å². The lowest BCUT2D eigenvalue weighted by atomic mass is 10.1. The lowest BCUT2D eigenvalue weighted by Gasteiger charge is -2.26. The van der Waals surface area contributed by atoms with Gasteiger partial charge in [0, 0.05) is 18.8 Å². The van der Waals surface area contributed by atoms with E-state index in [1.807, 2.05) is 36.1 Å². The van der Waals surface area contributed by atoms with Gasteiger partial charge in [-0.1, -0.05) is 18.2 Å². The highest BCUT2D eigenvalue weighted by atomic mass is 16.2. The van der Waals surface area contributed by atoms with E-state index in [1.165, 1.54) is 6.42 Å². The molecule has 0 radical (unpaired) electrons. The summed E-state index contributed by atoms with van der Waals surface area (Å²) in [7, 11) is 0. The summed E-state index contributed by atoms with van der Waals surface area (Å²) in [4.78, 5) is 22.8. The fourth-order valence-electron chi connectivity index (χ4n) is 2.61. The van der Waals surface area contributed by atoms with E-state index >= 15 is 0 Å². The van der Waals surface area contributed by atoms with Gasteiger partial charge in [0.1, 0.15) is 11.5 Å². The molecular weight excluding hydrogens is 276 g/mol. The molecule has 1 amide bonds. The molecule has 1 aromatic heterocycles. The van der Waals surface area contributed by atoms with Crippen molar-refractivity contribution in [3.8, 4) is 0 Å². The monoisotopic (exact) mass is 296 g/mol. The third-order valence-corrected chi connectivity index (χ3v) is 3.92. The van der Waals surface area contributed by atoms with Gasteiger partial charge in [-0.15, -0.1) is 0 Å². The van der Waals surface area contributed by atoms with Crippen molar-refractivity contribution in [2.45, 2.75) is 26.2 Å². The number of para-hydroxylation sites is 1. The highest BCUT2D eigenvalue weighted by Crippen LogP contribution is 2.18. The van der Waals surface area contributed by atoms with Crippen LogP contribution in [-0.4, -0.2) is 33.9 Å². The molecule has 0 unspecified atom stereocenters. The van der Waals surface area contributed by atoms with E-state index in [2.05, 4.69) is 15.3 Å². The van der Waals surface area contributed by atoms with Crippen molar-refractivity contribution in [2.24, 2.45) is 0 Å². The molecule has 1 aromatic carbocycles. The molecule has 22 heavy (non-hydrogen) atoms. The number of likely N-dealkylation sites (tertiary alicyclic amines) is 1. The first-order valence-electron chi connectivity index (χ1n) is 7.68. The smallest absolute Gasteiger partial charge is 0.274 e. The number of hydrogen-bond donors (Lipinski definition) is 1. The number of aryl methyl sites for hydroxylation is 1. The third-order valence-electron chi connectivity index (χ3n) is 3.92. The molecular formula is C17H20N4O. The second-order valence-corrected chi connectivity index (χ2v) is 5.58. The number of rotatable bonds is 3. The van der Waals surface area contributed by atoms with Crippen LogP contribution in [0.5, 0.6) is 0 Å². The quantitative estimate of drug-likeness (QED) is 0.945. The molecule has 5 heteroatoms. The van der Waals surface area contributed by atoms with Gasteiger partial charge in [0.2, 0.25) is 0 Å². The first kappa shape index (κ1) is 14.5. The Labute approximate surface area is 130 Å². The molecule has 1 N–H and O–H groups in total. The average molecular weight is 296 g/mol. The van der Waals surface area contributed by atoms with Crippen LogP contribution in [0.1, 0.15) is 35.3 Å². The van der Waals surface area contributed by atoms with Gasteiger partial charge in [-0.25, -0.2) is 9.97 Å². The molecule has 114 valence electrons. The molecule has 0 bridgehead atoms. The molecule has 0 atom stereocenters. The van der Waals surface area contributed by atoms with Crippen molar-refractivity contribution in [3.05, 3.63) is 47.9 Å². The summed E-state index contributed by atoms with van der Waals surface area (Å²) in [5.74, 6) is 0.624. The molecule has 0 spiro atoms. The fraction of sp³-hybridized carbons (Fsp3) is 0.353. The van der Waals surface area contributed by atoms with Crippen LogP contribution in [0.25, 0.3) is 0 Å². The highest BCUT2D eigenvalue weighted by Gasteiger charge is 2.19. The SMILES string of the molecule is Cc1ccccc1Nc1cnc(C(=O)N2CCCCC2)cn1. The van der Waals surface area contributed by atoms with Crippen LogP contribution in [0.4, 0.5) is 11.5 Å². The number of carbonyl (C=O) groups excluding carboxylic acids is 1. The number of nitrogens with zero attached hydrogens (tertiary/aromatic N) is 3. The Morgan fingerprint density at radius 3 is 2.55 bits per heavy atom. The van der Waals surface area contributed by atoms with E-state index in [1.54, 1.807) is 12.4 Å². The third kappa shape index (κ3) is 3.24. The van der Waals surface area contributed by atoms with E-state index in [0.717, 1.165) is 37.2 Å². The maximum absolute atomic E-state index is 12.3. The van der Waals surface area contributed by atoms with E-state index in [0.29, 0.717) is 11.5 Å². The second-order valence-electron chi connectivity index (χ2n) is 5.58. The molecule has 0 saturated carbocycles. The zero-order valence-electron chi connectivity index (χ0n) is 12.7. The maximum Gasteiger partial charge on any atom is 0.274 e. The Balaban J connectivity index is 1.70. The lowest BCUT2D eigenvalue weighted by molar-refractivity contribution is 0.0718. The first-order chi connectivity index (χ1) is 10.7. The maximum atomic E-state index is 12.3. The largest absolute Gasteiger partial charge is 0.339 e. The number of carbonyl (C=O) groups is 1. The molecule has 1 saturated heterocycles. The van der Waals surface area contributed by atoms with Crippen LogP contribution in [0.2, 0.25) is 0 Å². The Morgan fingerprint density at radius 2 is 1.86 bits per heavy atom. The standard InChI is InChI=1S/C17H20N4O/c1-13-7-3-4-8-14(13)20-16-12-18-15(11-19-16)17(22)21-9-5-2-6-10-21/h3-4,7-8,11-12H,2,5-6,9-10H2,1H3,(H,19,20). The predicted molar refractivity (Wildman–Crippen MR) is 86.2 cm³/mol. The van der Waals surface area contributed by atoms with Gasteiger partial charge in [-0.3, -0.25) is 4.79 Å². The topological polar surface area (TPSA) is 58.1 Å². The van der Waals surface area contributed by atoms with Gasteiger partial charge in [0.25, 0.3) is 5.91 Å². The number of hydrogen-bond acceptors (Lipinski definition) is 4. The first-order valence-corrected chi connectivity index (χ1v) is 7.68. The van der Waals surface area contributed by atoms with Crippen LogP contribution in [0, 0.1) is 6.92 Å². The van der Waals surface area contributed by atoms with Crippen molar-refractivity contribution >= 4 is 17.4 Å². The normalized spacial score (nSPS) is 14.7. The van der Waals surface area contributed by atoms with Crippen molar-refractivity contribution in [1.29, 1.82) is 0 Å². The second kappa shape index (κ2) is 6.56. The molecule has 5 nitrogen and oxygen atoms in total. The summed E-state index contributed by atoms with van der Waals surface area (Å²) < 4.78 is 0. The average Bonchev–Trinajstić information content (AvgIpc) is 2.58. The summed E-state index contributed by atoms with van der Waals surface area (Å²) in [5, 5.41) is 3.22. The van der Waals surface area contributed by atoms with Crippen LogP contribution < -0.4 is 5.32 Å². The molecule has 0 aliphatic carbocycles. The highest BCUT2D eigenvalue weighted by molar-refractivity contribution is 5.92. The summed E-state index contributed by atoms with van der Waals surface area (Å²) in [6, 6.07) is 7.98. The van der Waals surface area contributed by atoms with E-state index in [9.17, 15) is 4.79 Å².